The van der Waals surface area contributed by atoms with E-state index >= 15 is 0 Å². The second-order valence-corrected chi connectivity index (χ2v) is 6.67. The number of carbonyl (C=O) groups excluding carboxylic acids is 1. The second kappa shape index (κ2) is 4.65. The maximum atomic E-state index is 11.6. The molecule has 3 heteroatoms. The molecule has 0 radical (unpaired) electrons. The molecule has 0 spiro atoms. The SMILES string of the molecule is C[S+](c1ccc2ccccc2c1)C1CCOC1=O. The minimum atomic E-state index is -0.0694. The Hall–Kier alpha value is -1.48. The molecule has 1 heterocycles. The number of ether oxygens (including phenoxy) is 1. The molecule has 2 aromatic rings. The standard InChI is InChI=1S/C15H15O2S/c1-18(14-8-9-17-15(14)16)13-7-6-11-4-2-3-5-12(11)10-13/h2-7,10,14H,8-9H2,1H3/q+1. The Morgan fingerprint density at radius 1 is 1.17 bits per heavy atom. The number of esters is 1. The summed E-state index contributed by atoms with van der Waals surface area (Å²) in [4.78, 5) is 12.9. The van der Waals surface area contributed by atoms with Crippen molar-refractivity contribution in [3.05, 3.63) is 42.5 Å². The number of hydrogen-bond acceptors (Lipinski definition) is 2. The summed E-state index contributed by atoms with van der Waals surface area (Å²) in [5.41, 5.74) is 0. The Morgan fingerprint density at radius 3 is 2.67 bits per heavy atom. The zero-order chi connectivity index (χ0) is 12.5. The van der Waals surface area contributed by atoms with Crippen LogP contribution in [0.4, 0.5) is 0 Å². The van der Waals surface area contributed by atoms with Gasteiger partial charge >= 0.3 is 5.97 Å². The van der Waals surface area contributed by atoms with E-state index in [0.29, 0.717) is 6.61 Å². The summed E-state index contributed by atoms with van der Waals surface area (Å²) < 4.78 is 5.06. The van der Waals surface area contributed by atoms with Crippen LogP contribution in [0, 0.1) is 0 Å². The molecule has 1 fully saturated rings. The molecule has 0 aliphatic carbocycles. The summed E-state index contributed by atoms with van der Waals surface area (Å²) in [5, 5.41) is 2.53. The van der Waals surface area contributed by atoms with Crippen LogP contribution in [-0.2, 0) is 20.4 Å². The normalized spacial score (nSPS) is 20.9. The van der Waals surface area contributed by atoms with Gasteiger partial charge in [0.2, 0.25) is 5.25 Å². The molecule has 2 unspecified atom stereocenters. The van der Waals surface area contributed by atoms with E-state index in [0.717, 1.165) is 6.42 Å². The quantitative estimate of drug-likeness (QED) is 0.612. The van der Waals surface area contributed by atoms with Gasteiger partial charge in [-0.3, -0.25) is 0 Å². The summed E-state index contributed by atoms with van der Waals surface area (Å²) in [7, 11) is -0.0694. The third-order valence-electron chi connectivity index (χ3n) is 3.41. The fraction of sp³-hybridized carbons (Fsp3) is 0.267. The Balaban J connectivity index is 1.96. The minimum Gasteiger partial charge on any atom is -0.462 e. The monoisotopic (exact) mass is 259 g/mol. The largest absolute Gasteiger partial charge is 0.462 e. The van der Waals surface area contributed by atoms with Crippen LogP contribution in [0.2, 0.25) is 0 Å². The van der Waals surface area contributed by atoms with Crippen molar-refractivity contribution in [2.24, 2.45) is 0 Å². The van der Waals surface area contributed by atoms with E-state index < -0.39 is 0 Å². The molecule has 2 atom stereocenters. The minimum absolute atomic E-state index is 0.0333. The summed E-state index contributed by atoms with van der Waals surface area (Å²) in [6, 6.07) is 14.8. The molecule has 1 saturated heterocycles. The average Bonchev–Trinajstić information content (AvgIpc) is 2.83. The summed E-state index contributed by atoms with van der Waals surface area (Å²) in [6.07, 6.45) is 2.99. The van der Waals surface area contributed by atoms with E-state index in [4.69, 9.17) is 4.74 Å². The molecule has 0 amide bonds. The lowest BCUT2D eigenvalue weighted by Gasteiger charge is -2.07. The van der Waals surface area contributed by atoms with Crippen LogP contribution >= 0.6 is 0 Å². The number of hydrogen-bond donors (Lipinski definition) is 0. The highest BCUT2D eigenvalue weighted by Crippen LogP contribution is 2.26. The van der Waals surface area contributed by atoms with Crippen LogP contribution < -0.4 is 0 Å². The lowest BCUT2D eigenvalue weighted by atomic mass is 10.1. The molecule has 18 heavy (non-hydrogen) atoms. The fourth-order valence-electron chi connectivity index (χ4n) is 2.33. The van der Waals surface area contributed by atoms with E-state index in [9.17, 15) is 4.79 Å². The van der Waals surface area contributed by atoms with Gasteiger partial charge in [-0.1, -0.05) is 24.3 Å². The van der Waals surface area contributed by atoms with Crippen LogP contribution in [0.1, 0.15) is 6.42 Å². The van der Waals surface area contributed by atoms with Crippen LogP contribution in [0.25, 0.3) is 10.8 Å². The lowest BCUT2D eigenvalue weighted by Crippen LogP contribution is -2.25. The highest BCUT2D eigenvalue weighted by molar-refractivity contribution is 7.97. The molecule has 2 aromatic carbocycles. The zero-order valence-corrected chi connectivity index (χ0v) is 11.1. The van der Waals surface area contributed by atoms with E-state index in [1.165, 1.54) is 15.7 Å². The van der Waals surface area contributed by atoms with Crippen molar-refractivity contribution in [2.45, 2.75) is 16.6 Å². The predicted molar refractivity (Wildman–Crippen MR) is 74.9 cm³/mol. The van der Waals surface area contributed by atoms with Crippen molar-refractivity contribution < 1.29 is 9.53 Å². The summed E-state index contributed by atoms with van der Waals surface area (Å²) >= 11 is 0. The van der Waals surface area contributed by atoms with Crippen LogP contribution in [0.15, 0.2) is 47.4 Å². The third kappa shape index (κ3) is 1.99. The van der Waals surface area contributed by atoms with Crippen molar-refractivity contribution in [2.75, 3.05) is 12.9 Å². The summed E-state index contributed by atoms with van der Waals surface area (Å²) in [6.45, 7) is 0.578. The van der Waals surface area contributed by atoms with Gasteiger partial charge in [-0.05, 0) is 22.9 Å². The molecule has 0 N–H and O–H groups in total. The number of fused-ring (bicyclic) bond motifs is 1. The highest BCUT2D eigenvalue weighted by atomic mass is 32.2. The molecule has 1 aliphatic heterocycles. The number of carbonyl (C=O) groups is 1. The van der Waals surface area contributed by atoms with Crippen molar-refractivity contribution in [3.63, 3.8) is 0 Å². The molecule has 0 bridgehead atoms. The van der Waals surface area contributed by atoms with E-state index in [-0.39, 0.29) is 22.1 Å². The van der Waals surface area contributed by atoms with Gasteiger partial charge in [0.15, 0.2) is 4.90 Å². The topological polar surface area (TPSA) is 26.3 Å². The first-order chi connectivity index (χ1) is 8.75. The van der Waals surface area contributed by atoms with E-state index in [1.807, 2.05) is 12.1 Å². The van der Waals surface area contributed by atoms with Gasteiger partial charge in [-0.2, -0.15) is 0 Å². The first-order valence-electron chi connectivity index (χ1n) is 6.06. The summed E-state index contributed by atoms with van der Waals surface area (Å²) in [5.74, 6) is -0.0333. The Bertz CT molecular complexity index is 594. The Kier molecular flexibility index (Phi) is 3.00. The van der Waals surface area contributed by atoms with Crippen molar-refractivity contribution >= 4 is 27.6 Å². The highest BCUT2D eigenvalue weighted by Gasteiger charge is 2.40. The van der Waals surface area contributed by atoms with Crippen LogP contribution in [0.5, 0.6) is 0 Å². The number of benzene rings is 2. The molecule has 1 aliphatic rings. The van der Waals surface area contributed by atoms with Crippen LogP contribution in [-0.4, -0.2) is 24.1 Å². The van der Waals surface area contributed by atoms with Gasteiger partial charge in [0, 0.05) is 23.4 Å². The first kappa shape index (κ1) is 11.6. The van der Waals surface area contributed by atoms with Gasteiger partial charge in [-0.15, -0.1) is 0 Å². The number of rotatable bonds is 2. The van der Waals surface area contributed by atoms with Crippen molar-refractivity contribution in [3.8, 4) is 0 Å². The maximum absolute atomic E-state index is 11.6. The molecule has 2 nitrogen and oxygen atoms in total. The lowest BCUT2D eigenvalue weighted by molar-refractivity contribution is -0.137. The van der Waals surface area contributed by atoms with E-state index in [1.54, 1.807) is 0 Å². The first-order valence-corrected chi connectivity index (χ1v) is 7.75. The fourth-order valence-corrected chi connectivity index (χ4v) is 4.06. The van der Waals surface area contributed by atoms with Crippen LogP contribution in [0.3, 0.4) is 0 Å². The third-order valence-corrected chi connectivity index (χ3v) is 5.69. The van der Waals surface area contributed by atoms with Gasteiger partial charge in [0.1, 0.15) is 6.26 Å². The molecule has 0 saturated carbocycles. The average molecular weight is 259 g/mol. The second-order valence-electron chi connectivity index (χ2n) is 4.51. The molecule has 92 valence electrons. The molecule has 3 rings (SSSR count). The van der Waals surface area contributed by atoms with Crippen molar-refractivity contribution in [1.29, 1.82) is 0 Å². The van der Waals surface area contributed by atoms with Gasteiger partial charge < -0.3 is 4.74 Å². The van der Waals surface area contributed by atoms with Gasteiger partial charge in [0.25, 0.3) is 0 Å². The molecule has 0 aromatic heterocycles. The number of cyclic esters (lactones) is 1. The molecular weight excluding hydrogens is 244 g/mol. The Labute approximate surface area is 109 Å². The smallest absolute Gasteiger partial charge is 0.360 e. The Morgan fingerprint density at radius 2 is 1.94 bits per heavy atom. The predicted octanol–water partition coefficient (Wildman–Crippen LogP) is 2.76. The van der Waals surface area contributed by atoms with Gasteiger partial charge in [0.05, 0.1) is 6.61 Å². The van der Waals surface area contributed by atoms with Crippen molar-refractivity contribution in [1.82, 2.24) is 0 Å². The maximum Gasteiger partial charge on any atom is 0.360 e. The van der Waals surface area contributed by atoms with E-state index in [2.05, 4.69) is 36.6 Å². The molecular formula is C15H15O2S+. The zero-order valence-electron chi connectivity index (χ0n) is 10.3. The van der Waals surface area contributed by atoms with Gasteiger partial charge in [-0.25, -0.2) is 4.79 Å².